The van der Waals surface area contributed by atoms with Crippen LogP contribution in [0, 0.1) is 0 Å². The van der Waals surface area contributed by atoms with E-state index in [1.54, 1.807) is 6.07 Å². The molecule has 2 rings (SSSR count). The van der Waals surface area contributed by atoms with Crippen LogP contribution in [0.25, 0.3) is 0 Å². The Balaban J connectivity index is 2.27. The quantitative estimate of drug-likeness (QED) is 0.850. The minimum Gasteiger partial charge on any atom is -0.478 e. The molecular weight excluding hydrogens is 308 g/mol. The number of carboxylic acids is 1. The molecule has 22 heavy (non-hydrogen) atoms. The Labute approximate surface area is 130 Å². The van der Waals surface area contributed by atoms with Crippen LogP contribution in [0.15, 0.2) is 18.2 Å². The molecule has 0 bridgehead atoms. The molecular formula is C14H20N2O5S. The van der Waals surface area contributed by atoms with Crippen molar-refractivity contribution < 1.29 is 23.1 Å². The number of hydrogen-bond donors (Lipinski definition) is 2. The van der Waals surface area contributed by atoms with Gasteiger partial charge in [-0.3, -0.25) is 4.72 Å². The largest absolute Gasteiger partial charge is 0.478 e. The fourth-order valence-corrected chi connectivity index (χ4v) is 3.56. The first-order valence-electron chi connectivity index (χ1n) is 7.16. The van der Waals surface area contributed by atoms with Gasteiger partial charge in [0.1, 0.15) is 0 Å². The molecule has 1 aliphatic heterocycles. The third-order valence-electron chi connectivity index (χ3n) is 3.50. The van der Waals surface area contributed by atoms with Crippen LogP contribution < -0.4 is 4.72 Å². The van der Waals surface area contributed by atoms with Crippen molar-refractivity contribution >= 4 is 21.9 Å². The van der Waals surface area contributed by atoms with Crippen LogP contribution in [-0.4, -0.2) is 50.1 Å². The highest BCUT2D eigenvalue weighted by Gasteiger charge is 2.24. The van der Waals surface area contributed by atoms with E-state index in [1.807, 2.05) is 6.92 Å². The second-order valence-electron chi connectivity index (χ2n) is 5.00. The number of aromatic carboxylic acids is 1. The second-order valence-corrected chi connectivity index (χ2v) is 6.67. The lowest BCUT2D eigenvalue weighted by atomic mass is 10.1. The summed E-state index contributed by atoms with van der Waals surface area (Å²) in [5.41, 5.74) is 1.11. The van der Waals surface area contributed by atoms with Gasteiger partial charge in [-0.2, -0.15) is 12.7 Å². The molecule has 0 atom stereocenters. The van der Waals surface area contributed by atoms with Crippen molar-refractivity contribution in [2.24, 2.45) is 0 Å². The summed E-state index contributed by atoms with van der Waals surface area (Å²) in [5, 5.41) is 9.05. The first-order valence-corrected chi connectivity index (χ1v) is 8.60. The van der Waals surface area contributed by atoms with E-state index < -0.39 is 16.2 Å². The van der Waals surface area contributed by atoms with Crippen LogP contribution in [0.1, 0.15) is 29.3 Å². The van der Waals surface area contributed by atoms with Crippen molar-refractivity contribution in [2.75, 3.05) is 31.0 Å². The van der Waals surface area contributed by atoms with E-state index in [-0.39, 0.29) is 12.1 Å². The maximum Gasteiger partial charge on any atom is 0.335 e. The molecule has 0 unspecified atom stereocenters. The highest BCUT2D eigenvalue weighted by molar-refractivity contribution is 7.90. The van der Waals surface area contributed by atoms with Gasteiger partial charge in [-0.25, -0.2) is 4.79 Å². The van der Waals surface area contributed by atoms with E-state index in [4.69, 9.17) is 9.84 Å². The van der Waals surface area contributed by atoms with E-state index in [1.165, 1.54) is 16.4 Å². The summed E-state index contributed by atoms with van der Waals surface area (Å²) in [4.78, 5) is 11.1. The van der Waals surface area contributed by atoms with Gasteiger partial charge < -0.3 is 9.84 Å². The molecule has 1 saturated heterocycles. The number of aryl methyl sites for hydroxylation is 1. The number of ether oxygens (including phenoxy) is 1. The number of nitrogens with zero attached hydrogens (tertiary/aromatic N) is 1. The Hall–Kier alpha value is -1.64. The molecule has 1 aromatic rings. The normalized spacial score (nSPS) is 17.0. The summed E-state index contributed by atoms with van der Waals surface area (Å²) >= 11 is 0. The number of rotatable bonds is 5. The van der Waals surface area contributed by atoms with Gasteiger partial charge in [0, 0.05) is 19.7 Å². The zero-order valence-corrected chi connectivity index (χ0v) is 13.2. The third kappa shape index (κ3) is 3.96. The van der Waals surface area contributed by atoms with E-state index >= 15 is 0 Å². The lowest BCUT2D eigenvalue weighted by Crippen LogP contribution is -2.37. The van der Waals surface area contributed by atoms with Gasteiger partial charge in [0.15, 0.2) is 0 Å². The summed E-state index contributed by atoms with van der Waals surface area (Å²) in [7, 11) is -3.72. The van der Waals surface area contributed by atoms with Gasteiger partial charge in [-0.05, 0) is 30.5 Å². The van der Waals surface area contributed by atoms with Gasteiger partial charge >= 0.3 is 16.2 Å². The van der Waals surface area contributed by atoms with Crippen LogP contribution in [0.4, 0.5) is 5.69 Å². The zero-order valence-electron chi connectivity index (χ0n) is 12.4. The van der Waals surface area contributed by atoms with Gasteiger partial charge in [0.2, 0.25) is 0 Å². The molecule has 1 heterocycles. The smallest absolute Gasteiger partial charge is 0.335 e. The first-order chi connectivity index (χ1) is 10.4. The maximum atomic E-state index is 12.5. The van der Waals surface area contributed by atoms with Crippen molar-refractivity contribution in [3.05, 3.63) is 29.3 Å². The van der Waals surface area contributed by atoms with Crippen LogP contribution in [0.5, 0.6) is 0 Å². The highest BCUT2D eigenvalue weighted by Crippen LogP contribution is 2.21. The van der Waals surface area contributed by atoms with Gasteiger partial charge in [-0.1, -0.05) is 13.0 Å². The van der Waals surface area contributed by atoms with Crippen LogP contribution in [-0.2, 0) is 21.4 Å². The van der Waals surface area contributed by atoms with E-state index in [2.05, 4.69) is 4.72 Å². The molecule has 8 heteroatoms. The number of benzene rings is 1. The van der Waals surface area contributed by atoms with E-state index in [9.17, 15) is 13.2 Å². The van der Waals surface area contributed by atoms with Crippen LogP contribution in [0.3, 0.4) is 0 Å². The molecule has 2 N–H and O–H groups in total. The highest BCUT2D eigenvalue weighted by atomic mass is 32.2. The number of carboxylic acid groups (broad SMARTS) is 1. The van der Waals surface area contributed by atoms with Crippen molar-refractivity contribution in [2.45, 2.75) is 19.8 Å². The fourth-order valence-electron chi connectivity index (χ4n) is 2.28. The Kier molecular flexibility index (Phi) is 5.38. The Morgan fingerprint density at radius 2 is 2.14 bits per heavy atom. The molecule has 122 valence electrons. The van der Waals surface area contributed by atoms with Gasteiger partial charge in [0.25, 0.3) is 0 Å². The first kappa shape index (κ1) is 16.7. The predicted molar refractivity (Wildman–Crippen MR) is 82.3 cm³/mol. The zero-order chi connectivity index (χ0) is 16.2. The maximum absolute atomic E-state index is 12.5. The lowest BCUT2D eigenvalue weighted by Gasteiger charge is -2.21. The molecule has 0 radical (unpaired) electrons. The predicted octanol–water partition coefficient (Wildman–Crippen LogP) is 1.33. The van der Waals surface area contributed by atoms with E-state index in [0.717, 1.165) is 5.56 Å². The number of nitrogens with one attached hydrogen (secondary N) is 1. The van der Waals surface area contributed by atoms with Crippen molar-refractivity contribution in [1.82, 2.24) is 4.31 Å². The molecule has 1 fully saturated rings. The topological polar surface area (TPSA) is 95.9 Å². The molecule has 0 spiro atoms. The molecule has 0 aliphatic carbocycles. The van der Waals surface area contributed by atoms with Gasteiger partial charge in [-0.15, -0.1) is 0 Å². The molecule has 0 amide bonds. The second kappa shape index (κ2) is 7.08. The monoisotopic (exact) mass is 328 g/mol. The summed E-state index contributed by atoms with van der Waals surface area (Å²) in [5.74, 6) is -1.09. The summed E-state index contributed by atoms with van der Waals surface area (Å²) in [6, 6.07) is 4.46. The molecule has 1 aromatic carbocycles. The van der Waals surface area contributed by atoms with Crippen molar-refractivity contribution in [1.29, 1.82) is 0 Å². The Morgan fingerprint density at radius 1 is 1.36 bits per heavy atom. The summed E-state index contributed by atoms with van der Waals surface area (Å²) < 4.78 is 34.0. The average Bonchev–Trinajstić information content (AvgIpc) is 2.76. The van der Waals surface area contributed by atoms with Crippen LogP contribution in [0.2, 0.25) is 0 Å². The third-order valence-corrected chi connectivity index (χ3v) is 5.02. The van der Waals surface area contributed by atoms with Crippen LogP contribution >= 0.6 is 0 Å². The lowest BCUT2D eigenvalue weighted by molar-refractivity contribution is 0.0697. The number of carbonyl (C=O) groups is 1. The molecule has 0 aromatic heterocycles. The Bertz CT molecular complexity index is 637. The fraction of sp³-hybridized carbons (Fsp3) is 0.500. The summed E-state index contributed by atoms with van der Waals surface area (Å²) in [6.45, 7) is 3.45. The standard InChI is InChI=1S/C14H20N2O5S/c1-2-11-4-5-12(14(17)18)10-13(11)15-22(19,20)16-6-3-8-21-9-7-16/h4-5,10,15H,2-3,6-9H2,1H3,(H,17,18). The van der Waals surface area contributed by atoms with Crippen molar-refractivity contribution in [3.63, 3.8) is 0 Å². The average molecular weight is 328 g/mol. The van der Waals surface area contributed by atoms with E-state index in [0.29, 0.717) is 38.3 Å². The van der Waals surface area contributed by atoms with Crippen molar-refractivity contribution in [3.8, 4) is 0 Å². The minimum atomic E-state index is -3.72. The number of anilines is 1. The minimum absolute atomic E-state index is 0.0501. The SMILES string of the molecule is CCc1ccc(C(=O)O)cc1NS(=O)(=O)N1CCCOCC1. The Morgan fingerprint density at radius 3 is 2.82 bits per heavy atom. The summed E-state index contributed by atoms with van der Waals surface area (Å²) in [6.07, 6.45) is 1.23. The molecule has 0 saturated carbocycles. The van der Waals surface area contributed by atoms with Gasteiger partial charge in [0.05, 0.1) is 17.9 Å². The molecule has 1 aliphatic rings. The molecule has 7 nitrogen and oxygen atoms in total. The number of hydrogen-bond acceptors (Lipinski definition) is 4.